The Kier molecular flexibility index (Phi) is 70.2. The minimum Gasteiger partial charge on any atom is -0.382 e. The number of hydrogen-bond acceptors (Lipinski definition) is 36. The third kappa shape index (κ3) is 55.6. The van der Waals surface area contributed by atoms with Crippen molar-refractivity contribution in [2.24, 2.45) is 0 Å². The first-order chi connectivity index (χ1) is 64.6. The fourth-order valence-electron chi connectivity index (χ4n) is 12.8. The van der Waals surface area contributed by atoms with E-state index < -0.39 is 33.3 Å². The zero-order valence-electron chi connectivity index (χ0n) is 77.4. The van der Waals surface area contributed by atoms with Crippen LogP contribution < -0.4 is 14.8 Å². The summed E-state index contributed by atoms with van der Waals surface area (Å²) in [5.74, 6) is -0.597. The Morgan fingerprint density at radius 3 is 1.21 bits per heavy atom. The molecule has 5 rings (SSSR count). The molecule has 0 radical (unpaired) electrons. The van der Waals surface area contributed by atoms with Crippen molar-refractivity contribution >= 4 is 91.9 Å². The molecule has 3 heterocycles. The molecule has 1 aromatic heterocycles. The molecule has 1 saturated heterocycles. The zero-order valence-corrected chi connectivity index (χ0v) is 80.5. The van der Waals surface area contributed by atoms with E-state index in [9.17, 15) is 32.1 Å². The van der Waals surface area contributed by atoms with Gasteiger partial charge in [-0.15, -0.1) is 9.40 Å². The van der Waals surface area contributed by atoms with Crippen molar-refractivity contribution in [1.29, 1.82) is 0 Å². The number of aromatic nitrogens is 2. The van der Waals surface area contributed by atoms with Crippen LogP contribution in [0.4, 0.5) is 5.69 Å². The minimum absolute atomic E-state index is 0.0000756. The molecule has 3 aromatic rings. The van der Waals surface area contributed by atoms with Gasteiger partial charge in [-0.2, -0.15) is 8.42 Å². The molecule has 1 fully saturated rings. The first kappa shape index (κ1) is 118. The molecule has 0 unspecified atom stereocenters. The fraction of sp³-hybridized carbons (Fsp3) is 0.761. The van der Waals surface area contributed by atoms with Gasteiger partial charge < -0.3 is 129 Å². The number of unbranched alkanes of at least 4 members (excludes halogenated alkanes) is 4. The number of methoxy groups -OCH3 is 1. The standard InChI is InChI=1S/C88H145Cl2N5O35S2/c1-88(2)76-72-75(132(101,102)103)16-17-79(76)92(23-11-71-131-130-129-100)82(88)12-10-14-84-93(80-73-77(89)78(90)74-81(80)94(84)22-9-5-7-15-87(99)128-95-85(97)18-19-86(95)98)21-8-4-6-13-83(96)91-20-24-105-27-28-107-31-32-109-35-36-111-39-40-113-43-44-115-47-48-117-51-52-119-55-56-121-59-60-123-63-64-125-67-68-127-70-69-126-66-65-124-62-61-122-58-57-120-54-53-118-50-49-116-46-45-114-42-41-112-38-37-110-34-33-108-30-29-106-26-25-104-3/h10,12,14,16-17,72-74H,4-9,11,13,15,18-71H2,1-3H3,(H2-,91,96,100,101,102,103)/p+1. The number of carbonyl (C=O) groups is 4. The number of hydroxylamine groups is 2. The number of amides is 3. The molecule has 2 aliphatic rings. The number of halogens is 2. The lowest BCUT2D eigenvalue weighted by Gasteiger charge is -2.27. The second-order valence-electron chi connectivity index (χ2n) is 29.7. The number of fused-ring (bicyclic) bond motifs is 2. The van der Waals surface area contributed by atoms with Gasteiger partial charge in [0.1, 0.15) is 0 Å². The Labute approximate surface area is 791 Å². The second kappa shape index (κ2) is 78.9. The number of carbonyl (C=O) groups excluding carboxylic acids is 4. The van der Waals surface area contributed by atoms with E-state index in [4.69, 9.17) is 147 Å². The van der Waals surface area contributed by atoms with Gasteiger partial charge in [0.25, 0.3) is 27.8 Å². The number of hydrogen-bond donors (Lipinski definition) is 3. The molecule has 44 heteroatoms. The summed E-state index contributed by atoms with van der Waals surface area (Å²) >= 11 is 14.4. The van der Waals surface area contributed by atoms with Crippen LogP contribution in [0.2, 0.25) is 10.0 Å². The number of imidazole rings is 1. The number of ether oxygens (including phenoxy) is 24. The van der Waals surface area contributed by atoms with Crippen LogP contribution in [-0.4, -0.2) is 388 Å². The van der Waals surface area contributed by atoms with E-state index in [2.05, 4.69) is 28.7 Å². The first-order valence-electron chi connectivity index (χ1n) is 45.5. The van der Waals surface area contributed by atoms with E-state index in [-0.39, 0.29) is 30.1 Å². The van der Waals surface area contributed by atoms with E-state index in [0.717, 1.165) is 46.7 Å². The lowest BCUT2D eigenvalue weighted by Crippen LogP contribution is -2.36. The van der Waals surface area contributed by atoms with E-state index in [1.54, 1.807) is 13.2 Å². The topological polar surface area (TPSA) is 419 Å². The summed E-state index contributed by atoms with van der Waals surface area (Å²) < 4.78 is 176. The monoisotopic (exact) mass is 1970 g/mol. The quantitative estimate of drug-likeness (QED) is 0.00935. The molecule has 0 spiro atoms. The number of allylic oxidation sites excluding steroid dienone is 3. The summed E-state index contributed by atoms with van der Waals surface area (Å²) in [6, 6.07) is 8.18. The van der Waals surface area contributed by atoms with Crippen molar-refractivity contribution in [2.45, 2.75) is 108 Å². The number of anilines is 1. The van der Waals surface area contributed by atoms with Crippen molar-refractivity contribution in [2.75, 3.05) is 341 Å². The van der Waals surface area contributed by atoms with E-state index >= 15 is 0 Å². The minimum atomic E-state index is -4.51. The average molecular weight is 1970 g/mol. The average Bonchev–Trinajstić information content (AvgIpc) is 1.59. The summed E-state index contributed by atoms with van der Waals surface area (Å²) in [6.07, 6.45) is 10.5. The van der Waals surface area contributed by atoms with Gasteiger partial charge in [-0.1, -0.05) is 48.2 Å². The van der Waals surface area contributed by atoms with E-state index in [0.29, 0.717) is 408 Å². The number of rotatable bonds is 94. The van der Waals surface area contributed by atoms with Gasteiger partial charge in [0.2, 0.25) is 5.91 Å². The molecule has 0 aliphatic carbocycles. The van der Waals surface area contributed by atoms with E-state index in [1.165, 1.54) is 12.1 Å². The molecule has 40 nitrogen and oxygen atoms in total. The number of imide groups is 1. The Morgan fingerprint density at radius 2 is 0.833 bits per heavy atom. The van der Waals surface area contributed by atoms with Crippen LogP contribution in [0.15, 0.2) is 53.1 Å². The van der Waals surface area contributed by atoms with Gasteiger partial charge in [0.15, 0.2) is 11.0 Å². The summed E-state index contributed by atoms with van der Waals surface area (Å²) in [5, 5.41) is 16.6. The summed E-state index contributed by atoms with van der Waals surface area (Å²) in [7, 11) is -2.87. The van der Waals surface area contributed by atoms with Gasteiger partial charge in [-0.3, -0.25) is 18.9 Å². The summed E-state index contributed by atoms with van der Waals surface area (Å²) in [5.41, 5.74) is 3.18. The van der Waals surface area contributed by atoms with Crippen LogP contribution in [0.3, 0.4) is 0 Å². The maximum Gasteiger partial charge on any atom is 0.333 e. The van der Waals surface area contributed by atoms with Gasteiger partial charge in [0, 0.05) is 98.7 Å². The number of nitrogens with one attached hydrogen (secondary N) is 1. The highest BCUT2D eigenvalue weighted by molar-refractivity contribution is 7.94. The SMILES string of the molecule is COCCOCCOCCOCCOCCOCCOCCOCCOCCOCCOCCOCCOCCOCCOCCOCCOCCOCCOCCOCCOCCOCCOCCOCCNC(=O)CCCCC[n+]1c(C=CC=C2N(CCCSOOO)c3ccc(S(=O)(=O)O)cc3C2(C)C)n(CCCCCC(=O)ON2C(=O)CCC2=O)c2cc(Cl)c(Cl)cc21. The molecular weight excluding hydrogens is 1820 g/mol. The van der Waals surface area contributed by atoms with Gasteiger partial charge in [-0.25, -0.2) is 19.2 Å². The van der Waals surface area contributed by atoms with Crippen LogP contribution in [-0.2, 0) is 176 Å². The Hall–Kier alpha value is -4.97. The van der Waals surface area contributed by atoms with Crippen molar-refractivity contribution in [3.63, 3.8) is 0 Å². The molecule has 3 N–H and O–H groups in total. The van der Waals surface area contributed by atoms with Gasteiger partial charge in [-0.05, 0) is 74.8 Å². The molecule has 2 aliphatic heterocycles. The Balaban J connectivity index is 0.744. The van der Waals surface area contributed by atoms with Crippen molar-refractivity contribution in [3.05, 3.63) is 69.6 Å². The molecular formula is C88H146Cl2N5O35S2+. The second-order valence-corrected chi connectivity index (χ2v) is 32.7. The maximum absolute atomic E-state index is 12.9. The number of benzene rings is 2. The Bertz CT molecular complexity index is 3620. The molecule has 3 amide bonds. The molecule has 758 valence electrons. The van der Waals surface area contributed by atoms with Gasteiger partial charge in [0.05, 0.1) is 339 Å². The number of nitrogens with zero attached hydrogens (tertiary/aromatic N) is 4. The fourth-order valence-corrected chi connectivity index (χ4v) is 14.0. The summed E-state index contributed by atoms with van der Waals surface area (Å²) in [4.78, 5) is 56.6. The largest absolute Gasteiger partial charge is 0.382 e. The molecule has 0 atom stereocenters. The molecule has 2 aromatic carbocycles. The highest BCUT2D eigenvalue weighted by Gasteiger charge is 2.41. The van der Waals surface area contributed by atoms with E-state index in [1.807, 2.05) is 44.2 Å². The highest BCUT2D eigenvalue weighted by Crippen LogP contribution is 2.49. The van der Waals surface area contributed by atoms with Crippen LogP contribution >= 0.6 is 35.2 Å². The van der Waals surface area contributed by atoms with Crippen molar-refractivity contribution in [1.82, 2.24) is 14.9 Å². The number of aryl methyl sites for hydroxylation is 2. The van der Waals surface area contributed by atoms with Crippen LogP contribution in [0.5, 0.6) is 0 Å². The molecule has 0 bridgehead atoms. The highest BCUT2D eigenvalue weighted by atomic mass is 35.5. The lowest BCUT2D eigenvalue weighted by molar-refractivity contribution is -0.674. The lowest BCUT2D eigenvalue weighted by atomic mass is 9.83. The smallest absolute Gasteiger partial charge is 0.333 e. The predicted octanol–water partition coefficient (Wildman–Crippen LogP) is 7.51. The predicted molar refractivity (Wildman–Crippen MR) is 486 cm³/mol. The van der Waals surface area contributed by atoms with Crippen molar-refractivity contribution in [3.8, 4) is 0 Å². The van der Waals surface area contributed by atoms with Crippen LogP contribution in [0, 0.1) is 0 Å². The van der Waals surface area contributed by atoms with Crippen molar-refractivity contribution < 1.29 is 170 Å². The Morgan fingerprint density at radius 1 is 0.470 bits per heavy atom. The zero-order chi connectivity index (χ0) is 94.5. The van der Waals surface area contributed by atoms with Crippen LogP contribution in [0.1, 0.15) is 95.9 Å². The normalized spacial score (nSPS) is 13.8. The first-order valence-corrected chi connectivity index (χ1v) is 48.6. The molecule has 132 heavy (non-hydrogen) atoms. The third-order valence-corrected chi connectivity index (χ3v) is 21.6. The van der Waals surface area contributed by atoms with Gasteiger partial charge >= 0.3 is 5.97 Å². The third-order valence-electron chi connectivity index (χ3n) is 19.4. The summed E-state index contributed by atoms with van der Waals surface area (Å²) in [6.45, 7) is 27.6. The van der Waals surface area contributed by atoms with Crippen LogP contribution in [0.25, 0.3) is 17.1 Å². The maximum atomic E-state index is 12.9. The molecule has 0 saturated carbocycles.